The number of carbonyl (C=O) groups excluding carboxylic acids is 2. The highest BCUT2D eigenvalue weighted by Gasteiger charge is 2.38. The minimum Gasteiger partial charge on any atom is -0.463 e. The van der Waals surface area contributed by atoms with Crippen LogP contribution in [0.5, 0.6) is 0 Å². The predicted octanol–water partition coefficient (Wildman–Crippen LogP) is -0.201. The van der Waals surface area contributed by atoms with E-state index >= 15 is 0 Å². The summed E-state index contributed by atoms with van der Waals surface area (Å²) in [6.45, 7) is 0. The molecule has 0 atom stereocenters. The summed E-state index contributed by atoms with van der Waals surface area (Å²) in [7, 11) is 2.40. The Morgan fingerprint density at radius 2 is 1.83 bits per heavy atom. The molecule has 0 aliphatic rings. The molecule has 8 nitrogen and oxygen atoms in total. The van der Waals surface area contributed by atoms with Gasteiger partial charge in [0.15, 0.2) is 11.0 Å². The van der Waals surface area contributed by atoms with Gasteiger partial charge in [-0.1, -0.05) is 30.3 Å². The van der Waals surface area contributed by atoms with Gasteiger partial charge in [-0.05, 0) is 0 Å². The van der Waals surface area contributed by atoms with Crippen LogP contribution < -0.4 is 9.86 Å². The number of benzene rings is 1. The maximum absolute atomic E-state index is 12.2. The van der Waals surface area contributed by atoms with E-state index in [0.29, 0.717) is 5.69 Å². The lowest BCUT2D eigenvalue weighted by atomic mass is 10.1. The first-order valence-electron chi connectivity index (χ1n) is 6.92. The van der Waals surface area contributed by atoms with Crippen LogP contribution in [0.25, 0.3) is 11.3 Å². The van der Waals surface area contributed by atoms with Crippen LogP contribution in [0.2, 0.25) is 0 Å². The van der Waals surface area contributed by atoms with Gasteiger partial charge >= 0.3 is 17.6 Å². The summed E-state index contributed by atoms with van der Waals surface area (Å²) in [6.07, 6.45) is 0. The Bertz CT molecular complexity index is 1020. The Morgan fingerprint density at radius 1 is 1.17 bits per heavy atom. The van der Waals surface area contributed by atoms with Crippen LogP contribution in [0.1, 0.15) is 21.0 Å². The lowest BCUT2D eigenvalue weighted by Crippen LogP contribution is -2.38. The number of ether oxygens (including phenoxy) is 2. The molecule has 2 aromatic heterocycles. The number of aromatic nitrogens is 3. The highest BCUT2D eigenvalue weighted by molar-refractivity contribution is 5.99. The highest BCUT2D eigenvalue weighted by atomic mass is 16.5. The molecule has 0 amide bonds. The number of fused-ring (bicyclic) bond motifs is 1. The largest absolute Gasteiger partial charge is 0.463 e. The second-order valence-electron chi connectivity index (χ2n) is 4.79. The highest BCUT2D eigenvalue weighted by Crippen LogP contribution is 2.15. The molecule has 0 aliphatic carbocycles. The Morgan fingerprint density at radius 3 is 2.42 bits per heavy atom. The van der Waals surface area contributed by atoms with Gasteiger partial charge < -0.3 is 9.47 Å². The molecule has 1 aromatic carbocycles. The van der Waals surface area contributed by atoms with E-state index in [1.807, 2.05) is 30.3 Å². The summed E-state index contributed by atoms with van der Waals surface area (Å²) in [5.74, 6) is 0.723. The molecule has 120 valence electrons. The van der Waals surface area contributed by atoms with Gasteiger partial charge in [0.25, 0.3) is 5.69 Å². The van der Waals surface area contributed by atoms with Crippen molar-refractivity contribution in [3.8, 4) is 11.3 Å². The summed E-state index contributed by atoms with van der Waals surface area (Å²) in [4.78, 5) is 24.2. The summed E-state index contributed by atoms with van der Waals surface area (Å²) in [5.41, 5.74) is 1.06. The molecule has 0 bridgehead atoms. The van der Waals surface area contributed by atoms with E-state index in [1.165, 1.54) is 23.4 Å². The molecule has 0 radical (unpaired) electrons. The minimum atomic E-state index is -0.776. The SMILES string of the molecule is COC(=O)c1nn2c(=C=N)cc(-c3ccccc3)[n+]2c1C(=O)OC. The monoisotopic (exact) mass is 325 g/mol. The van der Waals surface area contributed by atoms with Crippen LogP contribution in [0, 0.1) is 5.41 Å². The van der Waals surface area contributed by atoms with E-state index in [-0.39, 0.29) is 16.7 Å². The van der Waals surface area contributed by atoms with Gasteiger partial charge in [0, 0.05) is 22.1 Å². The minimum absolute atomic E-state index is 0.0790. The summed E-state index contributed by atoms with van der Waals surface area (Å²) >= 11 is 0. The fourth-order valence-electron chi connectivity index (χ4n) is 2.43. The molecular weight excluding hydrogens is 312 g/mol. The number of nitrogens with zero attached hydrogens (tertiary/aromatic N) is 3. The lowest BCUT2D eigenvalue weighted by molar-refractivity contribution is -0.610. The Balaban J connectivity index is 2.47. The second-order valence-corrected chi connectivity index (χ2v) is 4.79. The maximum atomic E-state index is 12.2. The van der Waals surface area contributed by atoms with Gasteiger partial charge in [0.2, 0.25) is 0 Å². The number of nitrogens with one attached hydrogen (secondary N) is 1. The quantitative estimate of drug-likeness (QED) is 0.408. The number of hydrogen-bond donors (Lipinski definition) is 1. The number of carbonyl (C=O) groups is 2. The molecule has 0 saturated carbocycles. The molecule has 3 aromatic rings. The second kappa shape index (κ2) is 5.94. The van der Waals surface area contributed by atoms with Crippen LogP contribution in [-0.4, -0.2) is 41.8 Å². The van der Waals surface area contributed by atoms with Crippen molar-refractivity contribution in [1.29, 1.82) is 5.41 Å². The molecular formula is C16H13N4O4+. The van der Waals surface area contributed by atoms with Gasteiger partial charge in [-0.25, -0.2) is 9.59 Å². The fourth-order valence-corrected chi connectivity index (χ4v) is 2.43. The van der Waals surface area contributed by atoms with Crippen molar-refractivity contribution in [1.82, 2.24) is 9.73 Å². The molecule has 3 rings (SSSR count). The average molecular weight is 325 g/mol. The first-order chi connectivity index (χ1) is 11.6. The van der Waals surface area contributed by atoms with Crippen LogP contribution >= 0.6 is 0 Å². The molecule has 2 heterocycles. The fraction of sp³-hybridized carbons (Fsp3) is 0.125. The Kier molecular flexibility index (Phi) is 3.81. The third kappa shape index (κ3) is 2.22. The average Bonchev–Trinajstić information content (AvgIpc) is 3.18. The molecule has 1 N–H and O–H groups in total. The zero-order chi connectivity index (χ0) is 17.3. The van der Waals surface area contributed by atoms with E-state index in [1.54, 1.807) is 6.07 Å². The molecule has 8 heteroatoms. The third-order valence-electron chi connectivity index (χ3n) is 3.49. The van der Waals surface area contributed by atoms with Gasteiger partial charge in [0.1, 0.15) is 0 Å². The van der Waals surface area contributed by atoms with E-state index in [0.717, 1.165) is 5.56 Å². The van der Waals surface area contributed by atoms with Crippen molar-refractivity contribution in [2.45, 2.75) is 0 Å². The molecule has 0 fully saturated rings. The third-order valence-corrected chi connectivity index (χ3v) is 3.49. The normalized spacial score (nSPS) is 10.4. The van der Waals surface area contributed by atoms with Crippen molar-refractivity contribution in [3.05, 3.63) is 53.1 Å². The molecule has 0 unspecified atom stereocenters. The maximum Gasteiger partial charge on any atom is 0.390 e. The number of methoxy groups -OCH3 is 2. The van der Waals surface area contributed by atoms with Crippen molar-refractivity contribution >= 4 is 17.8 Å². The zero-order valence-electron chi connectivity index (χ0n) is 12.9. The van der Waals surface area contributed by atoms with E-state index < -0.39 is 11.9 Å². The zero-order valence-corrected chi connectivity index (χ0v) is 12.9. The van der Waals surface area contributed by atoms with Crippen LogP contribution in [0.4, 0.5) is 0 Å². The Hall–Kier alpha value is -3.51. The number of esters is 2. The number of rotatable bonds is 3. The summed E-state index contributed by atoms with van der Waals surface area (Å²) in [6, 6.07) is 10.8. The molecule has 0 saturated heterocycles. The van der Waals surface area contributed by atoms with Crippen LogP contribution in [-0.2, 0) is 9.47 Å². The first-order valence-corrected chi connectivity index (χ1v) is 6.92. The van der Waals surface area contributed by atoms with E-state index in [4.69, 9.17) is 10.1 Å². The van der Waals surface area contributed by atoms with Crippen LogP contribution in [0.3, 0.4) is 0 Å². The smallest absolute Gasteiger partial charge is 0.390 e. The Labute approximate surface area is 136 Å². The van der Waals surface area contributed by atoms with E-state index in [2.05, 4.69) is 15.7 Å². The van der Waals surface area contributed by atoms with Crippen molar-refractivity contribution in [2.24, 2.45) is 0 Å². The van der Waals surface area contributed by atoms with E-state index in [9.17, 15) is 9.59 Å². The number of hydrogen-bond acceptors (Lipinski definition) is 6. The van der Waals surface area contributed by atoms with Crippen molar-refractivity contribution in [2.75, 3.05) is 14.2 Å². The van der Waals surface area contributed by atoms with Gasteiger partial charge in [-0.2, -0.15) is 0 Å². The van der Waals surface area contributed by atoms with Gasteiger partial charge in [-0.3, -0.25) is 5.41 Å². The molecule has 24 heavy (non-hydrogen) atoms. The molecule has 0 spiro atoms. The molecule has 0 aliphatic heterocycles. The van der Waals surface area contributed by atoms with Crippen LogP contribution in [0.15, 0.2) is 36.4 Å². The van der Waals surface area contributed by atoms with Gasteiger partial charge in [-0.15, -0.1) is 4.52 Å². The van der Waals surface area contributed by atoms with Crippen molar-refractivity contribution < 1.29 is 23.6 Å². The predicted molar refractivity (Wildman–Crippen MR) is 81.0 cm³/mol. The summed E-state index contributed by atoms with van der Waals surface area (Å²) in [5, 5.41) is 11.8. The van der Waals surface area contributed by atoms with Crippen molar-refractivity contribution in [3.63, 3.8) is 0 Å². The first kappa shape index (κ1) is 15.4. The van der Waals surface area contributed by atoms with Gasteiger partial charge in [0.05, 0.1) is 19.3 Å². The standard InChI is InChI=1S/C16H13N4O4/c1-23-15(21)13-14(16(22)24-2)19-12(10-6-4-3-5-7-10)8-11(9-17)20(19)18-13/h3-8,17H,1-2H3/q+1. The lowest BCUT2D eigenvalue weighted by Gasteiger charge is -1.98. The summed E-state index contributed by atoms with van der Waals surface area (Å²) < 4.78 is 12.1. The topological polar surface area (TPSA) is 97.8 Å².